The first-order valence-corrected chi connectivity index (χ1v) is 9.62. The fourth-order valence-corrected chi connectivity index (χ4v) is 3.71. The van der Waals surface area contributed by atoms with E-state index in [0.717, 1.165) is 22.6 Å². The number of nitrogens with one attached hydrogen (secondary N) is 1. The van der Waals surface area contributed by atoms with Crippen LogP contribution in [0.1, 0.15) is 11.3 Å². The summed E-state index contributed by atoms with van der Waals surface area (Å²) in [6, 6.07) is 9.99. The van der Waals surface area contributed by atoms with Gasteiger partial charge in [0.25, 0.3) is 0 Å². The van der Waals surface area contributed by atoms with Gasteiger partial charge in [-0.3, -0.25) is 9.20 Å². The maximum Gasteiger partial charge on any atom is 0.244 e. The number of fused-ring (bicyclic) bond motifs is 1. The Morgan fingerprint density at radius 1 is 1.26 bits per heavy atom. The molecule has 1 N–H and O–H groups in total. The molecule has 0 atom stereocenters. The highest BCUT2D eigenvalue weighted by Crippen LogP contribution is 2.22. The van der Waals surface area contributed by atoms with Crippen molar-refractivity contribution in [3.63, 3.8) is 0 Å². The highest BCUT2D eigenvalue weighted by molar-refractivity contribution is 7.15. The minimum Gasteiger partial charge on any atom is -0.352 e. The Labute approximate surface area is 164 Å². The van der Waals surface area contributed by atoms with E-state index in [-0.39, 0.29) is 5.91 Å². The number of imidazole rings is 1. The Morgan fingerprint density at radius 2 is 2.11 bits per heavy atom. The monoisotopic (exact) mass is 397 g/mol. The third-order valence-corrected chi connectivity index (χ3v) is 5.10. The fourth-order valence-electron chi connectivity index (χ4n) is 2.71. The molecule has 27 heavy (non-hydrogen) atoms. The molecule has 3 aromatic heterocycles. The Kier molecular flexibility index (Phi) is 5.04. The van der Waals surface area contributed by atoms with Crippen LogP contribution < -0.4 is 5.32 Å². The lowest BCUT2D eigenvalue weighted by atomic mass is 10.1. The molecule has 0 radical (unpaired) electrons. The second-order valence-corrected chi connectivity index (χ2v) is 7.07. The first-order chi connectivity index (χ1) is 13.2. The van der Waals surface area contributed by atoms with Crippen molar-refractivity contribution in [1.29, 1.82) is 0 Å². The van der Waals surface area contributed by atoms with E-state index in [0.29, 0.717) is 17.4 Å². The molecule has 0 unspecified atom stereocenters. The number of hydrogen-bond acceptors (Lipinski definition) is 4. The lowest BCUT2D eigenvalue weighted by molar-refractivity contribution is -0.116. The van der Waals surface area contributed by atoms with Gasteiger partial charge in [0.15, 0.2) is 10.1 Å². The predicted octanol–water partition coefficient (Wildman–Crippen LogP) is 3.61. The minimum atomic E-state index is -0.163. The number of carbonyl (C=O) groups excluding carboxylic acids is 1. The standard InChI is InChI=1S/C19H16ClN5OS/c20-18-16(24-12-13-27-19(24)23-18)6-7-17(26)21-10-8-14-2-4-15(5-3-14)25-11-1-9-22-25/h1-7,9,11-13H,8,10H2,(H,21,26)/b7-6+. The van der Waals surface area contributed by atoms with Crippen LogP contribution in [0.15, 0.2) is 60.4 Å². The highest BCUT2D eigenvalue weighted by atomic mass is 35.5. The maximum absolute atomic E-state index is 12.0. The van der Waals surface area contributed by atoms with Crippen LogP contribution in [-0.2, 0) is 11.2 Å². The molecule has 4 rings (SSSR count). The number of thiazole rings is 1. The zero-order chi connectivity index (χ0) is 18.6. The largest absolute Gasteiger partial charge is 0.352 e. The van der Waals surface area contributed by atoms with E-state index in [1.54, 1.807) is 12.3 Å². The van der Waals surface area contributed by atoms with Crippen molar-refractivity contribution in [2.45, 2.75) is 6.42 Å². The number of hydrogen-bond donors (Lipinski definition) is 1. The number of aromatic nitrogens is 4. The van der Waals surface area contributed by atoms with E-state index in [1.807, 2.05) is 57.2 Å². The maximum atomic E-state index is 12.0. The molecule has 1 aromatic carbocycles. The fraction of sp³-hybridized carbons (Fsp3) is 0.105. The first-order valence-electron chi connectivity index (χ1n) is 8.36. The summed E-state index contributed by atoms with van der Waals surface area (Å²) < 4.78 is 3.67. The third kappa shape index (κ3) is 3.94. The lowest BCUT2D eigenvalue weighted by Gasteiger charge is -2.05. The molecule has 3 heterocycles. The number of carbonyl (C=O) groups is 1. The molecular formula is C19H16ClN5OS. The molecule has 0 aliphatic carbocycles. The number of benzene rings is 1. The van der Waals surface area contributed by atoms with Gasteiger partial charge in [0.2, 0.25) is 5.91 Å². The topological polar surface area (TPSA) is 64.2 Å². The quantitative estimate of drug-likeness (QED) is 0.505. The summed E-state index contributed by atoms with van der Waals surface area (Å²) in [6.45, 7) is 0.554. The van der Waals surface area contributed by atoms with Crippen LogP contribution in [0.2, 0.25) is 5.15 Å². The van der Waals surface area contributed by atoms with Gasteiger partial charge in [-0.1, -0.05) is 23.7 Å². The second kappa shape index (κ2) is 7.77. The van der Waals surface area contributed by atoms with Crippen molar-refractivity contribution in [2.24, 2.45) is 0 Å². The molecular weight excluding hydrogens is 382 g/mol. The Hall–Kier alpha value is -2.90. The van der Waals surface area contributed by atoms with Crippen LogP contribution in [-0.4, -0.2) is 31.6 Å². The molecule has 8 heteroatoms. The Morgan fingerprint density at radius 3 is 2.89 bits per heavy atom. The Bertz CT molecular complexity index is 1080. The lowest BCUT2D eigenvalue weighted by Crippen LogP contribution is -2.23. The van der Waals surface area contributed by atoms with Gasteiger partial charge >= 0.3 is 0 Å². The van der Waals surface area contributed by atoms with Gasteiger partial charge in [-0.25, -0.2) is 9.67 Å². The van der Waals surface area contributed by atoms with Gasteiger partial charge in [0, 0.05) is 36.6 Å². The van der Waals surface area contributed by atoms with Crippen LogP contribution in [0.5, 0.6) is 0 Å². The normalized spacial score (nSPS) is 11.4. The van der Waals surface area contributed by atoms with Gasteiger partial charge in [0.05, 0.1) is 11.4 Å². The van der Waals surface area contributed by atoms with Crippen molar-refractivity contribution in [3.8, 4) is 5.69 Å². The predicted molar refractivity (Wildman–Crippen MR) is 107 cm³/mol. The minimum absolute atomic E-state index is 0.163. The molecule has 0 saturated carbocycles. The van der Waals surface area contributed by atoms with Gasteiger partial charge in [-0.2, -0.15) is 5.10 Å². The van der Waals surface area contributed by atoms with Crippen molar-refractivity contribution >= 4 is 39.9 Å². The van der Waals surface area contributed by atoms with Gasteiger partial charge in [0.1, 0.15) is 0 Å². The first kappa shape index (κ1) is 17.5. The van der Waals surface area contributed by atoms with Crippen LogP contribution in [0.25, 0.3) is 16.7 Å². The summed E-state index contributed by atoms with van der Waals surface area (Å²) in [6.07, 6.45) is 9.44. The Balaban J connectivity index is 1.30. The second-order valence-electron chi connectivity index (χ2n) is 5.83. The van der Waals surface area contributed by atoms with E-state index < -0.39 is 0 Å². The average molecular weight is 398 g/mol. The molecule has 1 amide bonds. The summed E-state index contributed by atoms with van der Waals surface area (Å²) in [5.74, 6) is -0.163. The number of rotatable bonds is 6. The van der Waals surface area contributed by atoms with Gasteiger partial charge in [-0.15, -0.1) is 11.3 Å². The van der Waals surface area contributed by atoms with Crippen LogP contribution in [0.3, 0.4) is 0 Å². The van der Waals surface area contributed by atoms with E-state index >= 15 is 0 Å². The number of amides is 1. The summed E-state index contributed by atoms with van der Waals surface area (Å²) in [5.41, 5.74) is 2.86. The summed E-state index contributed by atoms with van der Waals surface area (Å²) in [5, 5.41) is 9.40. The molecule has 4 aromatic rings. The summed E-state index contributed by atoms with van der Waals surface area (Å²) in [4.78, 5) is 17.1. The van der Waals surface area contributed by atoms with Gasteiger partial charge < -0.3 is 5.32 Å². The van der Waals surface area contributed by atoms with Crippen molar-refractivity contribution in [1.82, 2.24) is 24.5 Å². The number of halogens is 1. The zero-order valence-corrected chi connectivity index (χ0v) is 15.8. The molecule has 0 aliphatic rings. The van der Waals surface area contributed by atoms with Crippen molar-refractivity contribution < 1.29 is 4.79 Å². The van der Waals surface area contributed by atoms with E-state index in [1.165, 1.54) is 17.4 Å². The number of nitrogens with zero attached hydrogens (tertiary/aromatic N) is 4. The van der Waals surface area contributed by atoms with Crippen LogP contribution in [0.4, 0.5) is 0 Å². The molecule has 0 saturated heterocycles. The third-order valence-electron chi connectivity index (χ3n) is 4.06. The van der Waals surface area contributed by atoms with Crippen LogP contribution >= 0.6 is 22.9 Å². The highest BCUT2D eigenvalue weighted by Gasteiger charge is 2.08. The molecule has 6 nitrogen and oxygen atoms in total. The molecule has 0 fully saturated rings. The molecule has 0 spiro atoms. The molecule has 0 bridgehead atoms. The molecule has 136 valence electrons. The zero-order valence-electron chi connectivity index (χ0n) is 14.2. The SMILES string of the molecule is O=C(/C=C/c1c(Cl)nc2sccn12)NCCc1ccc(-n2cccn2)cc1. The summed E-state index contributed by atoms with van der Waals surface area (Å²) in [7, 11) is 0. The molecule has 0 aliphatic heterocycles. The van der Waals surface area contributed by atoms with Crippen LogP contribution in [0, 0.1) is 0 Å². The average Bonchev–Trinajstić information content (AvgIpc) is 3.39. The van der Waals surface area contributed by atoms with E-state index in [9.17, 15) is 4.79 Å². The van der Waals surface area contributed by atoms with Crippen molar-refractivity contribution in [2.75, 3.05) is 6.54 Å². The van der Waals surface area contributed by atoms with Crippen molar-refractivity contribution in [3.05, 3.63) is 76.8 Å². The van der Waals surface area contributed by atoms with Gasteiger partial charge in [-0.05, 0) is 36.3 Å². The van der Waals surface area contributed by atoms with E-state index in [2.05, 4.69) is 15.4 Å². The smallest absolute Gasteiger partial charge is 0.244 e. The summed E-state index contributed by atoms with van der Waals surface area (Å²) >= 11 is 7.61. The van der Waals surface area contributed by atoms with E-state index in [4.69, 9.17) is 11.6 Å².